The summed E-state index contributed by atoms with van der Waals surface area (Å²) in [5.41, 5.74) is 14.2. The molecule has 0 unspecified atom stereocenters. The van der Waals surface area contributed by atoms with Gasteiger partial charge in [0.05, 0.1) is 0 Å². The molecule has 2 aromatic rings. The Morgan fingerprint density at radius 3 is 2.37 bits per heavy atom. The van der Waals surface area contributed by atoms with Gasteiger partial charge in [0.1, 0.15) is 11.6 Å². The summed E-state index contributed by atoms with van der Waals surface area (Å²) in [5.74, 6) is 0.442. The Hall–Kier alpha value is -2.17. The van der Waals surface area contributed by atoms with Crippen LogP contribution in [0.3, 0.4) is 0 Å². The van der Waals surface area contributed by atoms with Crippen LogP contribution >= 0.6 is 0 Å². The molecule has 0 aliphatic heterocycles. The average molecular weight is 260 g/mol. The van der Waals surface area contributed by atoms with Gasteiger partial charge in [-0.1, -0.05) is 12.1 Å². The number of rotatable bonds is 4. The van der Waals surface area contributed by atoms with Gasteiger partial charge in [0.2, 0.25) is 5.95 Å². The lowest BCUT2D eigenvalue weighted by Gasteiger charge is -2.08. The van der Waals surface area contributed by atoms with Crippen LogP contribution in [0, 0.1) is 12.7 Å². The summed E-state index contributed by atoms with van der Waals surface area (Å²) in [6.45, 7) is 1.88. The summed E-state index contributed by atoms with van der Waals surface area (Å²) < 4.78 is 12.8. The van der Waals surface area contributed by atoms with Gasteiger partial charge in [0.15, 0.2) is 0 Å². The van der Waals surface area contributed by atoms with E-state index in [4.69, 9.17) is 11.5 Å². The van der Waals surface area contributed by atoms with Gasteiger partial charge in [-0.25, -0.2) is 9.37 Å². The lowest BCUT2D eigenvalue weighted by Crippen LogP contribution is -2.07. The SMILES string of the molecule is Cc1nc(N)nc(N)c1CCCc1ccc(F)cc1. The Balaban J connectivity index is 1.98. The highest BCUT2D eigenvalue weighted by Gasteiger charge is 2.07. The van der Waals surface area contributed by atoms with Crippen LogP contribution in [0.2, 0.25) is 0 Å². The Morgan fingerprint density at radius 2 is 1.74 bits per heavy atom. The lowest BCUT2D eigenvalue weighted by atomic mass is 10.0. The molecule has 0 aliphatic carbocycles. The van der Waals surface area contributed by atoms with Gasteiger partial charge in [0.25, 0.3) is 0 Å². The van der Waals surface area contributed by atoms with Gasteiger partial charge in [-0.2, -0.15) is 4.98 Å². The van der Waals surface area contributed by atoms with Crippen molar-refractivity contribution in [3.8, 4) is 0 Å². The number of halogens is 1. The topological polar surface area (TPSA) is 77.8 Å². The summed E-state index contributed by atoms with van der Waals surface area (Å²) >= 11 is 0. The Morgan fingerprint density at radius 1 is 1.05 bits per heavy atom. The fourth-order valence-electron chi connectivity index (χ4n) is 2.07. The zero-order valence-corrected chi connectivity index (χ0v) is 10.9. The zero-order valence-electron chi connectivity index (χ0n) is 10.9. The normalized spacial score (nSPS) is 10.6. The summed E-state index contributed by atoms with van der Waals surface area (Å²) in [5, 5.41) is 0. The van der Waals surface area contributed by atoms with Crippen LogP contribution in [-0.4, -0.2) is 9.97 Å². The second kappa shape index (κ2) is 5.65. The zero-order chi connectivity index (χ0) is 13.8. The molecule has 1 aromatic carbocycles. The molecule has 0 aliphatic rings. The first-order chi connectivity index (χ1) is 9.06. The van der Waals surface area contributed by atoms with Crippen molar-refractivity contribution < 1.29 is 4.39 Å². The number of hydrogen-bond donors (Lipinski definition) is 2. The molecule has 0 saturated carbocycles. The van der Waals surface area contributed by atoms with Crippen LogP contribution in [0.5, 0.6) is 0 Å². The molecule has 5 heteroatoms. The van der Waals surface area contributed by atoms with E-state index in [0.717, 1.165) is 36.1 Å². The fourth-order valence-corrected chi connectivity index (χ4v) is 2.07. The lowest BCUT2D eigenvalue weighted by molar-refractivity contribution is 0.626. The van der Waals surface area contributed by atoms with E-state index in [0.29, 0.717) is 5.82 Å². The second-order valence-corrected chi connectivity index (χ2v) is 4.51. The minimum atomic E-state index is -0.212. The maximum Gasteiger partial charge on any atom is 0.222 e. The van der Waals surface area contributed by atoms with E-state index in [2.05, 4.69) is 9.97 Å². The monoisotopic (exact) mass is 260 g/mol. The van der Waals surface area contributed by atoms with Gasteiger partial charge in [0, 0.05) is 11.3 Å². The molecule has 0 spiro atoms. The van der Waals surface area contributed by atoms with E-state index < -0.39 is 0 Å². The smallest absolute Gasteiger partial charge is 0.222 e. The second-order valence-electron chi connectivity index (χ2n) is 4.51. The van der Waals surface area contributed by atoms with Gasteiger partial charge in [-0.05, 0) is 43.9 Å². The fraction of sp³-hybridized carbons (Fsp3) is 0.286. The van der Waals surface area contributed by atoms with Crippen LogP contribution in [0.1, 0.15) is 23.2 Å². The Bertz CT molecular complexity index is 543. The first-order valence-electron chi connectivity index (χ1n) is 6.19. The number of benzene rings is 1. The third kappa shape index (κ3) is 3.40. The van der Waals surface area contributed by atoms with Crippen molar-refractivity contribution in [1.82, 2.24) is 9.97 Å². The van der Waals surface area contributed by atoms with E-state index in [1.165, 1.54) is 12.1 Å². The number of anilines is 2. The highest BCUT2D eigenvalue weighted by Crippen LogP contribution is 2.17. The standard InChI is InChI=1S/C14H17FN4/c1-9-12(13(16)19-14(17)18-9)4-2-3-10-5-7-11(15)8-6-10/h5-8H,2-4H2,1H3,(H4,16,17,18,19). The molecular weight excluding hydrogens is 243 g/mol. The molecule has 0 radical (unpaired) electrons. The molecule has 0 saturated heterocycles. The first-order valence-corrected chi connectivity index (χ1v) is 6.19. The average Bonchev–Trinajstić information content (AvgIpc) is 2.34. The third-order valence-corrected chi connectivity index (χ3v) is 3.07. The van der Waals surface area contributed by atoms with E-state index in [1.54, 1.807) is 12.1 Å². The maximum atomic E-state index is 12.8. The van der Waals surface area contributed by atoms with Crippen LogP contribution in [0.15, 0.2) is 24.3 Å². The molecule has 100 valence electrons. The highest BCUT2D eigenvalue weighted by molar-refractivity contribution is 5.45. The van der Waals surface area contributed by atoms with Crippen molar-refractivity contribution in [2.24, 2.45) is 0 Å². The molecule has 19 heavy (non-hydrogen) atoms. The summed E-state index contributed by atoms with van der Waals surface area (Å²) in [6, 6.07) is 6.54. The van der Waals surface area contributed by atoms with Crippen molar-refractivity contribution in [2.75, 3.05) is 11.5 Å². The van der Waals surface area contributed by atoms with Gasteiger partial charge < -0.3 is 11.5 Å². The number of nitrogens with zero attached hydrogens (tertiary/aromatic N) is 2. The molecule has 0 fully saturated rings. The van der Waals surface area contributed by atoms with E-state index in [9.17, 15) is 4.39 Å². The van der Waals surface area contributed by atoms with Crippen LogP contribution in [0.4, 0.5) is 16.2 Å². The minimum Gasteiger partial charge on any atom is -0.383 e. The number of aromatic nitrogens is 2. The number of nitrogens with two attached hydrogens (primary N) is 2. The molecule has 4 nitrogen and oxygen atoms in total. The molecule has 1 aromatic heterocycles. The van der Waals surface area contributed by atoms with Crippen LogP contribution < -0.4 is 11.5 Å². The number of nitrogen functional groups attached to an aromatic ring is 2. The van der Waals surface area contributed by atoms with Gasteiger partial charge in [-0.15, -0.1) is 0 Å². The Labute approximate surface area is 111 Å². The molecule has 1 heterocycles. The number of aryl methyl sites for hydroxylation is 2. The predicted octanol–water partition coefficient (Wildman–Crippen LogP) is 2.26. The van der Waals surface area contributed by atoms with Gasteiger partial charge >= 0.3 is 0 Å². The predicted molar refractivity (Wildman–Crippen MR) is 74.0 cm³/mol. The largest absolute Gasteiger partial charge is 0.383 e. The third-order valence-electron chi connectivity index (χ3n) is 3.07. The quantitative estimate of drug-likeness (QED) is 0.884. The van der Waals surface area contributed by atoms with Crippen molar-refractivity contribution >= 4 is 11.8 Å². The molecule has 2 rings (SSSR count). The van der Waals surface area contributed by atoms with Crippen LogP contribution in [-0.2, 0) is 12.8 Å². The summed E-state index contributed by atoms with van der Waals surface area (Å²) in [7, 11) is 0. The summed E-state index contributed by atoms with van der Waals surface area (Å²) in [4.78, 5) is 8.08. The molecule has 0 amide bonds. The van der Waals surface area contributed by atoms with E-state index in [-0.39, 0.29) is 11.8 Å². The van der Waals surface area contributed by atoms with Crippen molar-refractivity contribution in [3.63, 3.8) is 0 Å². The maximum absolute atomic E-state index is 12.8. The summed E-state index contributed by atoms with van der Waals surface area (Å²) in [6.07, 6.45) is 2.56. The van der Waals surface area contributed by atoms with E-state index >= 15 is 0 Å². The van der Waals surface area contributed by atoms with Gasteiger partial charge in [-0.3, -0.25) is 0 Å². The van der Waals surface area contributed by atoms with E-state index in [1.807, 2.05) is 6.92 Å². The van der Waals surface area contributed by atoms with Crippen LogP contribution in [0.25, 0.3) is 0 Å². The van der Waals surface area contributed by atoms with Crippen molar-refractivity contribution in [1.29, 1.82) is 0 Å². The molecule has 0 bridgehead atoms. The highest BCUT2D eigenvalue weighted by atomic mass is 19.1. The Kier molecular flexibility index (Phi) is 3.94. The van der Waals surface area contributed by atoms with Crippen molar-refractivity contribution in [2.45, 2.75) is 26.2 Å². The minimum absolute atomic E-state index is 0.206. The molecule has 4 N–H and O–H groups in total. The van der Waals surface area contributed by atoms with Crippen molar-refractivity contribution in [3.05, 3.63) is 46.9 Å². The molecule has 0 atom stereocenters. The first kappa shape index (κ1) is 13.3. The number of hydrogen-bond acceptors (Lipinski definition) is 4. The molecular formula is C14H17FN4.